The third kappa shape index (κ3) is 7.28. The molecule has 0 spiro atoms. The molecule has 2 aromatic carbocycles. The molecule has 0 aliphatic carbocycles. The van der Waals surface area contributed by atoms with Gasteiger partial charge in [0.05, 0.1) is 0 Å². The van der Waals surface area contributed by atoms with E-state index < -0.39 is 0 Å². The van der Waals surface area contributed by atoms with Crippen molar-refractivity contribution >= 4 is 6.09 Å². The van der Waals surface area contributed by atoms with Crippen molar-refractivity contribution in [3.63, 3.8) is 0 Å². The van der Waals surface area contributed by atoms with E-state index in [1.165, 1.54) is 11.1 Å². The number of carbonyl (C=O) groups excluding carboxylic acids is 1. The summed E-state index contributed by atoms with van der Waals surface area (Å²) in [5, 5.41) is 4.31. The van der Waals surface area contributed by atoms with Crippen LogP contribution in [0.5, 0.6) is 0 Å². The average Bonchev–Trinajstić information content (AvgIpc) is 3.43. The molecular weight excluding hydrogens is 450 g/mol. The molecule has 7 heteroatoms. The number of hydrogen-bond donors (Lipinski definition) is 0. The minimum atomic E-state index is -0.258. The summed E-state index contributed by atoms with van der Waals surface area (Å²) in [6.45, 7) is 10.5. The van der Waals surface area contributed by atoms with Gasteiger partial charge in [0.1, 0.15) is 19.3 Å². The van der Waals surface area contributed by atoms with Gasteiger partial charge in [0.2, 0.25) is 0 Å². The fraction of sp³-hybridized carbons (Fsp3) is 0.414. The number of carbonyl (C=O) groups is 1. The van der Waals surface area contributed by atoms with E-state index in [1.807, 2.05) is 40.8 Å². The quantitative estimate of drug-likeness (QED) is 0.354. The van der Waals surface area contributed by atoms with E-state index in [0.717, 1.165) is 51.0 Å². The Morgan fingerprint density at radius 3 is 2.58 bits per heavy atom. The van der Waals surface area contributed by atoms with Crippen LogP contribution in [0.15, 0.2) is 79.9 Å². The number of hydrogen-bond acceptors (Lipinski definition) is 5. The Morgan fingerprint density at radius 2 is 1.92 bits per heavy atom. The van der Waals surface area contributed by atoms with Gasteiger partial charge in [-0.05, 0) is 43.9 Å². The van der Waals surface area contributed by atoms with Crippen molar-refractivity contribution in [3.8, 4) is 0 Å². The summed E-state index contributed by atoms with van der Waals surface area (Å²) in [6.07, 6.45) is 7.82. The average molecular weight is 488 g/mol. The molecule has 1 aliphatic rings. The first-order valence-corrected chi connectivity index (χ1v) is 12.8. The third-order valence-electron chi connectivity index (χ3n) is 6.98. The molecule has 36 heavy (non-hydrogen) atoms. The van der Waals surface area contributed by atoms with E-state index in [-0.39, 0.29) is 18.7 Å². The predicted octanol–water partition coefficient (Wildman–Crippen LogP) is 5.05. The zero-order valence-electron chi connectivity index (χ0n) is 21.2. The van der Waals surface area contributed by atoms with E-state index in [4.69, 9.17) is 4.74 Å². The number of piperidine rings is 1. The monoisotopic (exact) mass is 487 g/mol. The molecule has 3 aromatic rings. The van der Waals surface area contributed by atoms with Crippen LogP contribution in [0.1, 0.15) is 41.9 Å². The Morgan fingerprint density at radius 1 is 1.17 bits per heavy atom. The summed E-state index contributed by atoms with van der Waals surface area (Å²) in [5.41, 5.74) is 3.52. The number of rotatable bonds is 11. The van der Waals surface area contributed by atoms with Crippen LogP contribution in [-0.2, 0) is 17.9 Å². The minimum Gasteiger partial charge on any atom is -0.445 e. The molecule has 0 saturated carbocycles. The van der Waals surface area contributed by atoms with E-state index in [9.17, 15) is 4.79 Å². The molecule has 4 rings (SSSR count). The van der Waals surface area contributed by atoms with Crippen LogP contribution < -0.4 is 0 Å². The van der Waals surface area contributed by atoms with Crippen LogP contribution in [0.25, 0.3) is 0 Å². The molecular formula is C29H37N5O2. The smallest absolute Gasteiger partial charge is 0.410 e. The van der Waals surface area contributed by atoms with Gasteiger partial charge >= 0.3 is 6.09 Å². The van der Waals surface area contributed by atoms with Crippen molar-refractivity contribution in [2.45, 2.75) is 51.3 Å². The molecule has 1 fully saturated rings. The largest absolute Gasteiger partial charge is 0.445 e. The predicted molar refractivity (Wildman–Crippen MR) is 142 cm³/mol. The number of ether oxygens (including phenoxy) is 1. The molecule has 0 N–H and O–H groups in total. The molecule has 0 bridgehead atoms. The topological polar surface area (TPSA) is 63.5 Å². The molecule has 1 aromatic heterocycles. The second-order valence-corrected chi connectivity index (χ2v) is 9.57. The van der Waals surface area contributed by atoms with Crippen molar-refractivity contribution in [2.75, 3.05) is 26.2 Å². The van der Waals surface area contributed by atoms with Gasteiger partial charge in [0.15, 0.2) is 0 Å². The lowest BCUT2D eigenvalue weighted by molar-refractivity contribution is 0.0654. The van der Waals surface area contributed by atoms with Crippen molar-refractivity contribution < 1.29 is 9.53 Å². The number of amides is 1. The second-order valence-electron chi connectivity index (χ2n) is 9.57. The normalized spacial score (nSPS) is 15.4. The van der Waals surface area contributed by atoms with E-state index in [2.05, 4.69) is 51.9 Å². The zero-order valence-corrected chi connectivity index (χ0v) is 21.2. The summed E-state index contributed by atoms with van der Waals surface area (Å²) in [4.78, 5) is 21.4. The first kappa shape index (κ1) is 25.6. The van der Waals surface area contributed by atoms with Gasteiger partial charge in [-0.15, -0.1) is 6.58 Å². The van der Waals surface area contributed by atoms with Crippen molar-refractivity contribution in [3.05, 3.63) is 96.6 Å². The number of aromatic nitrogens is 3. The van der Waals surface area contributed by atoms with Crippen molar-refractivity contribution in [1.82, 2.24) is 24.6 Å². The van der Waals surface area contributed by atoms with E-state index >= 15 is 0 Å². The van der Waals surface area contributed by atoms with Gasteiger partial charge in [-0.2, -0.15) is 5.10 Å². The van der Waals surface area contributed by atoms with Gasteiger partial charge in [-0.1, -0.05) is 66.2 Å². The maximum atomic E-state index is 12.9. The lowest BCUT2D eigenvalue weighted by Gasteiger charge is -2.38. The van der Waals surface area contributed by atoms with Crippen LogP contribution in [0.3, 0.4) is 0 Å². The first-order chi connectivity index (χ1) is 17.6. The third-order valence-corrected chi connectivity index (χ3v) is 6.98. The number of benzene rings is 2. The van der Waals surface area contributed by atoms with Crippen LogP contribution in [0, 0.1) is 6.92 Å². The molecule has 0 radical (unpaired) electrons. The summed E-state index contributed by atoms with van der Waals surface area (Å²) in [7, 11) is 0. The summed E-state index contributed by atoms with van der Waals surface area (Å²) < 4.78 is 7.57. The highest BCUT2D eigenvalue weighted by Gasteiger charge is 2.28. The highest BCUT2D eigenvalue weighted by molar-refractivity contribution is 5.68. The zero-order chi connectivity index (χ0) is 25.2. The van der Waals surface area contributed by atoms with Crippen LogP contribution in [-0.4, -0.2) is 62.9 Å². The summed E-state index contributed by atoms with van der Waals surface area (Å²) in [5.74, 6) is 0.375. The Kier molecular flexibility index (Phi) is 9.27. The molecule has 1 atom stereocenters. The Bertz CT molecular complexity index is 1060. The highest BCUT2D eigenvalue weighted by Crippen LogP contribution is 2.24. The fourth-order valence-corrected chi connectivity index (χ4v) is 4.86. The van der Waals surface area contributed by atoms with Gasteiger partial charge in [-0.25, -0.2) is 9.78 Å². The van der Waals surface area contributed by atoms with Gasteiger partial charge in [0, 0.05) is 38.1 Å². The lowest BCUT2D eigenvalue weighted by atomic mass is 9.94. The Hall–Kier alpha value is -3.45. The number of nitrogens with zero attached hydrogens (tertiary/aromatic N) is 5. The molecule has 1 saturated heterocycles. The lowest BCUT2D eigenvalue weighted by Crippen LogP contribution is -2.47. The van der Waals surface area contributed by atoms with Crippen molar-refractivity contribution in [1.29, 1.82) is 0 Å². The summed E-state index contributed by atoms with van der Waals surface area (Å²) >= 11 is 0. The van der Waals surface area contributed by atoms with Crippen LogP contribution in [0.4, 0.5) is 4.79 Å². The maximum absolute atomic E-state index is 12.9. The van der Waals surface area contributed by atoms with Gasteiger partial charge < -0.3 is 14.5 Å². The molecule has 1 amide bonds. The van der Waals surface area contributed by atoms with Crippen LogP contribution in [0.2, 0.25) is 0 Å². The standard InChI is InChI=1S/C29H37N5O2/c1-3-16-34(29(35)36-21-25-11-9-24(2)10-12-25)28-14-18-32(19-15-28)17-13-27(20-33-23-30-22-31-33)26-7-5-4-6-8-26/h3-12,22-23,27-28H,1,13-21H2,2H3. The SMILES string of the molecule is C=CCN(C(=O)OCc1ccc(C)cc1)C1CCN(CCC(Cn2cncn2)c2ccccc2)CC1. The van der Waals surface area contributed by atoms with Crippen molar-refractivity contribution in [2.24, 2.45) is 0 Å². The van der Waals surface area contributed by atoms with E-state index in [0.29, 0.717) is 12.5 Å². The molecule has 1 unspecified atom stereocenters. The molecule has 7 nitrogen and oxygen atoms in total. The van der Waals surface area contributed by atoms with Crippen LogP contribution >= 0.6 is 0 Å². The minimum absolute atomic E-state index is 0.171. The Balaban J connectivity index is 1.28. The second kappa shape index (κ2) is 13.0. The van der Waals surface area contributed by atoms with Gasteiger partial charge in [0.25, 0.3) is 0 Å². The number of likely N-dealkylation sites (tertiary alicyclic amines) is 1. The molecule has 2 heterocycles. The van der Waals surface area contributed by atoms with E-state index in [1.54, 1.807) is 18.7 Å². The van der Waals surface area contributed by atoms with Gasteiger partial charge in [-0.3, -0.25) is 4.68 Å². The molecule has 1 aliphatic heterocycles. The fourth-order valence-electron chi connectivity index (χ4n) is 4.86. The number of aryl methyl sites for hydroxylation is 1. The Labute approximate surface area is 214 Å². The first-order valence-electron chi connectivity index (χ1n) is 12.8. The molecule has 190 valence electrons. The maximum Gasteiger partial charge on any atom is 0.410 e. The summed E-state index contributed by atoms with van der Waals surface area (Å²) in [6, 6.07) is 18.9. The highest BCUT2D eigenvalue weighted by atomic mass is 16.6.